The van der Waals surface area contributed by atoms with Gasteiger partial charge in [-0.05, 0) is 25.6 Å². The molecule has 15 heavy (non-hydrogen) atoms. The largest absolute Gasteiger partial charge is 0.366 e. The Labute approximate surface area is 90.3 Å². The van der Waals surface area contributed by atoms with E-state index in [0.717, 1.165) is 19.5 Å². The van der Waals surface area contributed by atoms with Gasteiger partial charge >= 0.3 is 0 Å². The Bertz CT molecular complexity index is 359. The van der Waals surface area contributed by atoms with Gasteiger partial charge in [-0.1, -0.05) is 6.92 Å². The minimum absolute atomic E-state index is 0.283. The summed E-state index contributed by atoms with van der Waals surface area (Å²) in [4.78, 5) is 3.00. The molecule has 0 amide bonds. The molecule has 5 nitrogen and oxygen atoms in total. The molecule has 0 unspecified atom stereocenters. The Morgan fingerprint density at radius 2 is 2.20 bits per heavy atom. The number of nitrogens with one attached hydrogen (secondary N) is 3. The smallest absolute Gasteiger partial charge is 0.242 e. The topological polar surface area (TPSA) is 74.0 Å². The van der Waals surface area contributed by atoms with Gasteiger partial charge < -0.3 is 10.3 Å². The molecular weight excluding hydrogens is 214 g/mol. The van der Waals surface area contributed by atoms with Gasteiger partial charge in [0.15, 0.2) is 0 Å². The van der Waals surface area contributed by atoms with Crippen LogP contribution < -0.4 is 10.0 Å². The number of aromatic amines is 1. The molecule has 0 aliphatic heterocycles. The molecule has 0 aliphatic carbocycles. The third-order valence-corrected chi connectivity index (χ3v) is 3.41. The molecule has 0 saturated carbocycles. The van der Waals surface area contributed by atoms with Gasteiger partial charge in [0.1, 0.15) is 0 Å². The number of sulfonamides is 1. The first kappa shape index (κ1) is 12.2. The summed E-state index contributed by atoms with van der Waals surface area (Å²) in [5, 5.41) is 3.13. The van der Waals surface area contributed by atoms with E-state index in [0.29, 0.717) is 6.54 Å². The average molecular weight is 231 g/mol. The second kappa shape index (κ2) is 5.89. The monoisotopic (exact) mass is 231 g/mol. The number of aromatic nitrogens is 1. The molecule has 6 heteroatoms. The maximum absolute atomic E-state index is 11.6. The zero-order valence-electron chi connectivity index (χ0n) is 8.79. The van der Waals surface area contributed by atoms with E-state index in [1.165, 1.54) is 12.3 Å². The summed E-state index contributed by atoms with van der Waals surface area (Å²) < 4.78 is 25.7. The standard InChI is InChI=1S/C9H17N3O2S/c1-2-10-5-3-6-12-15(13,14)9-4-7-11-8-9/h4,7-8,10-12H,2-3,5-6H2,1H3. The van der Waals surface area contributed by atoms with E-state index in [-0.39, 0.29) is 4.90 Å². The SMILES string of the molecule is CCNCCCNS(=O)(=O)c1cc[nH]c1. The van der Waals surface area contributed by atoms with Crippen molar-refractivity contribution in [2.45, 2.75) is 18.2 Å². The first-order valence-electron chi connectivity index (χ1n) is 5.00. The Hall–Kier alpha value is -0.850. The number of H-pyrrole nitrogens is 1. The van der Waals surface area contributed by atoms with Crippen LogP contribution >= 0.6 is 0 Å². The highest BCUT2D eigenvalue weighted by molar-refractivity contribution is 7.89. The van der Waals surface area contributed by atoms with E-state index in [2.05, 4.69) is 15.0 Å². The molecule has 1 rings (SSSR count). The maximum atomic E-state index is 11.6. The zero-order valence-corrected chi connectivity index (χ0v) is 9.60. The predicted octanol–water partition coefficient (Wildman–Crippen LogP) is 0.293. The fraction of sp³-hybridized carbons (Fsp3) is 0.556. The van der Waals surface area contributed by atoms with Crippen molar-refractivity contribution in [3.05, 3.63) is 18.5 Å². The first-order valence-corrected chi connectivity index (χ1v) is 6.48. The van der Waals surface area contributed by atoms with Gasteiger partial charge in [0.2, 0.25) is 10.0 Å². The Morgan fingerprint density at radius 1 is 1.40 bits per heavy atom. The van der Waals surface area contributed by atoms with Gasteiger partial charge in [0, 0.05) is 18.9 Å². The van der Waals surface area contributed by atoms with Crippen LogP contribution in [0.25, 0.3) is 0 Å². The maximum Gasteiger partial charge on any atom is 0.242 e. The fourth-order valence-corrected chi connectivity index (χ4v) is 2.21. The Morgan fingerprint density at radius 3 is 2.80 bits per heavy atom. The molecule has 0 atom stereocenters. The van der Waals surface area contributed by atoms with Crippen molar-refractivity contribution in [2.75, 3.05) is 19.6 Å². The third kappa shape index (κ3) is 4.03. The minimum Gasteiger partial charge on any atom is -0.366 e. The van der Waals surface area contributed by atoms with Gasteiger partial charge in [0.25, 0.3) is 0 Å². The quantitative estimate of drug-likeness (QED) is 0.591. The molecule has 0 fully saturated rings. The lowest BCUT2D eigenvalue weighted by molar-refractivity contribution is 0.575. The summed E-state index contributed by atoms with van der Waals surface area (Å²) in [6.45, 7) is 4.21. The van der Waals surface area contributed by atoms with Gasteiger partial charge in [0.05, 0.1) is 4.90 Å². The number of rotatable bonds is 7. The molecule has 0 saturated heterocycles. The van der Waals surface area contributed by atoms with Crippen LogP contribution in [0.3, 0.4) is 0 Å². The molecule has 3 N–H and O–H groups in total. The molecule has 1 heterocycles. The van der Waals surface area contributed by atoms with Gasteiger partial charge in [-0.2, -0.15) is 0 Å². The Kier molecular flexibility index (Phi) is 4.80. The van der Waals surface area contributed by atoms with E-state index in [9.17, 15) is 8.42 Å². The number of hydrogen-bond donors (Lipinski definition) is 3. The second-order valence-corrected chi connectivity index (χ2v) is 4.92. The highest BCUT2D eigenvalue weighted by Gasteiger charge is 2.12. The van der Waals surface area contributed by atoms with Crippen LogP contribution in [0.2, 0.25) is 0 Å². The molecule has 1 aromatic heterocycles. The van der Waals surface area contributed by atoms with Gasteiger partial charge in [-0.25, -0.2) is 13.1 Å². The fourth-order valence-electron chi connectivity index (χ4n) is 1.16. The molecule has 0 spiro atoms. The van der Waals surface area contributed by atoms with Crippen LogP contribution in [-0.4, -0.2) is 33.0 Å². The van der Waals surface area contributed by atoms with Gasteiger partial charge in [-0.15, -0.1) is 0 Å². The van der Waals surface area contributed by atoms with Crippen molar-refractivity contribution < 1.29 is 8.42 Å². The molecular formula is C9H17N3O2S. The molecule has 0 radical (unpaired) electrons. The first-order chi connectivity index (χ1) is 7.17. The van der Waals surface area contributed by atoms with Crippen molar-refractivity contribution in [1.29, 1.82) is 0 Å². The van der Waals surface area contributed by atoms with E-state index in [1.807, 2.05) is 6.92 Å². The molecule has 0 aromatic carbocycles. The minimum atomic E-state index is -3.31. The van der Waals surface area contributed by atoms with Crippen LogP contribution in [-0.2, 0) is 10.0 Å². The van der Waals surface area contributed by atoms with Crippen LogP contribution in [0.4, 0.5) is 0 Å². The molecule has 1 aromatic rings. The molecule has 0 bridgehead atoms. The lowest BCUT2D eigenvalue weighted by Crippen LogP contribution is -2.27. The zero-order chi connectivity index (χ0) is 11.1. The van der Waals surface area contributed by atoms with E-state index < -0.39 is 10.0 Å². The van der Waals surface area contributed by atoms with E-state index in [4.69, 9.17) is 0 Å². The van der Waals surface area contributed by atoms with Crippen molar-refractivity contribution in [3.8, 4) is 0 Å². The van der Waals surface area contributed by atoms with Crippen LogP contribution in [0, 0.1) is 0 Å². The predicted molar refractivity (Wildman–Crippen MR) is 59.1 cm³/mol. The van der Waals surface area contributed by atoms with Crippen molar-refractivity contribution in [2.24, 2.45) is 0 Å². The lowest BCUT2D eigenvalue weighted by atomic mass is 10.4. The Balaban J connectivity index is 2.32. The van der Waals surface area contributed by atoms with E-state index in [1.54, 1.807) is 6.20 Å². The highest BCUT2D eigenvalue weighted by Crippen LogP contribution is 2.05. The normalized spacial score (nSPS) is 11.8. The summed E-state index contributed by atoms with van der Waals surface area (Å²) >= 11 is 0. The average Bonchev–Trinajstić information content (AvgIpc) is 2.70. The second-order valence-electron chi connectivity index (χ2n) is 3.15. The van der Waals surface area contributed by atoms with Crippen LogP contribution in [0.15, 0.2) is 23.4 Å². The highest BCUT2D eigenvalue weighted by atomic mass is 32.2. The van der Waals surface area contributed by atoms with Crippen molar-refractivity contribution in [1.82, 2.24) is 15.0 Å². The summed E-state index contributed by atoms with van der Waals surface area (Å²) in [5.41, 5.74) is 0. The van der Waals surface area contributed by atoms with Crippen molar-refractivity contribution in [3.63, 3.8) is 0 Å². The number of hydrogen-bond acceptors (Lipinski definition) is 3. The third-order valence-electron chi connectivity index (χ3n) is 1.95. The van der Waals surface area contributed by atoms with Crippen molar-refractivity contribution >= 4 is 10.0 Å². The van der Waals surface area contributed by atoms with E-state index >= 15 is 0 Å². The van der Waals surface area contributed by atoms with Crippen LogP contribution in [0.5, 0.6) is 0 Å². The molecule has 0 aliphatic rings. The summed E-state index contributed by atoms with van der Waals surface area (Å²) in [5.74, 6) is 0. The molecule has 86 valence electrons. The lowest BCUT2D eigenvalue weighted by Gasteiger charge is -2.04. The van der Waals surface area contributed by atoms with Gasteiger partial charge in [-0.3, -0.25) is 0 Å². The summed E-state index contributed by atoms with van der Waals surface area (Å²) in [6.07, 6.45) is 3.84. The summed E-state index contributed by atoms with van der Waals surface area (Å²) in [6, 6.07) is 1.53. The van der Waals surface area contributed by atoms with Crippen LogP contribution in [0.1, 0.15) is 13.3 Å². The summed E-state index contributed by atoms with van der Waals surface area (Å²) in [7, 11) is -3.31.